The minimum Gasteiger partial charge on any atom is -0.493 e. The monoisotopic (exact) mass is 743 g/mol. The van der Waals surface area contributed by atoms with E-state index >= 15 is 0 Å². The molecule has 2 aliphatic heterocycles. The van der Waals surface area contributed by atoms with Crippen LogP contribution in [0.1, 0.15) is 44.9 Å². The molecule has 0 unspecified atom stereocenters. The van der Waals surface area contributed by atoms with Crippen molar-refractivity contribution in [2.45, 2.75) is 33.7 Å². The van der Waals surface area contributed by atoms with E-state index in [1.807, 2.05) is 13.8 Å². The topological polar surface area (TPSA) is 127 Å². The van der Waals surface area contributed by atoms with Crippen LogP contribution in [0.2, 0.25) is 0 Å². The molecule has 2 aliphatic rings. The summed E-state index contributed by atoms with van der Waals surface area (Å²) >= 11 is 4.84. The van der Waals surface area contributed by atoms with Gasteiger partial charge in [0.15, 0.2) is 34.4 Å². The number of halogens is 1. The smallest absolute Gasteiger partial charge is 0.338 e. The van der Waals surface area contributed by atoms with Gasteiger partial charge in [-0.2, -0.15) is 0 Å². The molecule has 3 heterocycles. The molecule has 1 saturated heterocycles. The number of ether oxygens (including phenoxy) is 6. The summed E-state index contributed by atoms with van der Waals surface area (Å²) in [5, 5.41) is 0. The molecule has 0 radical (unpaired) electrons. The zero-order valence-electron chi connectivity index (χ0n) is 27.5. The van der Waals surface area contributed by atoms with Gasteiger partial charge in [0.2, 0.25) is 0 Å². The molecule has 1 amide bonds. The number of nitrogens with zero attached hydrogens (tertiary/aromatic N) is 3. The van der Waals surface area contributed by atoms with E-state index < -0.39 is 12.0 Å². The van der Waals surface area contributed by atoms with E-state index in [4.69, 9.17) is 28.4 Å². The maximum atomic E-state index is 14.2. The van der Waals surface area contributed by atoms with E-state index in [2.05, 4.69) is 20.9 Å². The zero-order chi connectivity index (χ0) is 34.4. The van der Waals surface area contributed by atoms with Crippen molar-refractivity contribution < 1.29 is 38.0 Å². The van der Waals surface area contributed by atoms with Gasteiger partial charge in [-0.15, -0.1) is 0 Å². The molecular formula is C34H38BrN3O9S. The number of rotatable bonds is 12. The highest BCUT2D eigenvalue weighted by Gasteiger charge is 2.35. The summed E-state index contributed by atoms with van der Waals surface area (Å²) in [7, 11) is 1.54. The Kier molecular flexibility index (Phi) is 11.6. The van der Waals surface area contributed by atoms with Crippen molar-refractivity contribution in [3.8, 4) is 23.0 Å². The van der Waals surface area contributed by atoms with Crippen LogP contribution in [0.3, 0.4) is 0 Å². The van der Waals surface area contributed by atoms with Gasteiger partial charge in [-0.25, -0.2) is 9.79 Å². The zero-order valence-corrected chi connectivity index (χ0v) is 29.9. The molecule has 0 aliphatic carbocycles. The second kappa shape index (κ2) is 15.8. The van der Waals surface area contributed by atoms with Gasteiger partial charge in [0.25, 0.3) is 11.5 Å². The largest absolute Gasteiger partial charge is 0.493 e. The number of thiazole rings is 1. The summed E-state index contributed by atoms with van der Waals surface area (Å²) in [6, 6.07) is 7.93. The summed E-state index contributed by atoms with van der Waals surface area (Å²) in [6.45, 7) is 10.0. The van der Waals surface area contributed by atoms with Crippen LogP contribution in [0, 0.1) is 0 Å². The number of aromatic nitrogens is 1. The van der Waals surface area contributed by atoms with Gasteiger partial charge >= 0.3 is 5.97 Å². The lowest BCUT2D eigenvalue weighted by atomic mass is 9.95. The first-order valence-corrected chi connectivity index (χ1v) is 17.3. The Labute approximate surface area is 290 Å². The van der Waals surface area contributed by atoms with Gasteiger partial charge in [0.05, 0.1) is 62.0 Å². The normalized spacial score (nSPS) is 16.2. The first-order chi connectivity index (χ1) is 23.2. The Bertz CT molecular complexity index is 1900. The Balaban J connectivity index is 1.56. The van der Waals surface area contributed by atoms with E-state index in [0.717, 1.165) is 0 Å². The average molecular weight is 745 g/mol. The molecule has 256 valence electrons. The highest BCUT2D eigenvalue weighted by molar-refractivity contribution is 9.10. The number of allylic oxidation sites excluding steroid dienone is 1. The molecule has 0 bridgehead atoms. The number of benzene rings is 2. The van der Waals surface area contributed by atoms with Crippen molar-refractivity contribution >= 4 is 45.2 Å². The van der Waals surface area contributed by atoms with Crippen molar-refractivity contribution in [1.82, 2.24) is 9.47 Å². The first kappa shape index (κ1) is 35.2. The lowest BCUT2D eigenvalue weighted by Gasteiger charge is -2.26. The third kappa shape index (κ3) is 7.45. The van der Waals surface area contributed by atoms with Crippen molar-refractivity contribution in [1.29, 1.82) is 0 Å². The lowest BCUT2D eigenvalue weighted by Crippen LogP contribution is -2.43. The van der Waals surface area contributed by atoms with Gasteiger partial charge in [-0.1, -0.05) is 33.3 Å². The van der Waals surface area contributed by atoms with Crippen LogP contribution in [-0.2, 0) is 19.1 Å². The van der Waals surface area contributed by atoms with Crippen LogP contribution in [0.5, 0.6) is 23.0 Å². The summed E-state index contributed by atoms with van der Waals surface area (Å²) in [6.07, 6.45) is 1.74. The van der Waals surface area contributed by atoms with Gasteiger partial charge < -0.3 is 33.3 Å². The molecule has 0 spiro atoms. The number of hydrogen-bond donors (Lipinski definition) is 0. The molecule has 48 heavy (non-hydrogen) atoms. The van der Waals surface area contributed by atoms with Crippen molar-refractivity contribution in [3.63, 3.8) is 0 Å². The predicted molar refractivity (Wildman–Crippen MR) is 183 cm³/mol. The van der Waals surface area contributed by atoms with Crippen LogP contribution in [0.25, 0.3) is 6.08 Å². The minimum atomic E-state index is -0.860. The molecule has 0 saturated carbocycles. The molecule has 5 rings (SSSR count). The molecule has 1 fully saturated rings. The van der Waals surface area contributed by atoms with E-state index in [0.29, 0.717) is 93.1 Å². The second-order valence-corrected chi connectivity index (χ2v) is 12.5. The van der Waals surface area contributed by atoms with Gasteiger partial charge in [-0.05, 0) is 69.2 Å². The predicted octanol–water partition coefficient (Wildman–Crippen LogP) is 3.60. The van der Waals surface area contributed by atoms with E-state index in [9.17, 15) is 14.4 Å². The highest BCUT2D eigenvalue weighted by atomic mass is 79.9. The van der Waals surface area contributed by atoms with Gasteiger partial charge in [0, 0.05) is 17.6 Å². The standard InChI is InChI=1S/C34H38BrN3O9S/c1-6-44-26-15-21(9-10-24(26)47-19-29(39)37-11-13-43-14-12-37)16-28-32(40)38-31(22-17-27(45-7-2)25(42-5)18-23(22)35)30(33(41)46-8-3)20(4)36-34(38)48-28/h9-10,15-18,31H,6-8,11-14,19H2,1-5H3/b28-16+/t31-/m0/s1. The second-order valence-electron chi connectivity index (χ2n) is 10.7. The summed E-state index contributed by atoms with van der Waals surface area (Å²) in [5.41, 5.74) is 1.64. The first-order valence-electron chi connectivity index (χ1n) is 15.7. The summed E-state index contributed by atoms with van der Waals surface area (Å²) in [5.74, 6) is 1.13. The number of morpholine rings is 1. The van der Waals surface area contributed by atoms with Crippen molar-refractivity contribution in [2.24, 2.45) is 4.99 Å². The van der Waals surface area contributed by atoms with E-state index in [1.54, 1.807) is 62.3 Å². The van der Waals surface area contributed by atoms with Crippen LogP contribution in [-0.4, -0.2) is 81.2 Å². The molecule has 2 aromatic carbocycles. The number of carbonyl (C=O) groups excluding carboxylic acids is 2. The molecule has 0 N–H and O–H groups in total. The molecule has 3 aromatic rings. The Hall–Kier alpha value is -4.14. The minimum absolute atomic E-state index is 0.130. The van der Waals surface area contributed by atoms with Crippen LogP contribution in [0.15, 0.2) is 55.9 Å². The maximum Gasteiger partial charge on any atom is 0.338 e. The Morgan fingerprint density at radius 3 is 2.38 bits per heavy atom. The number of hydrogen-bond acceptors (Lipinski definition) is 11. The summed E-state index contributed by atoms with van der Waals surface area (Å²) in [4.78, 5) is 47.1. The maximum absolute atomic E-state index is 14.2. The van der Waals surface area contributed by atoms with Crippen LogP contribution >= 0.6 is 27.3 Å². The van der Waals surface area contributed by atoms with Gasteiger partial charge in [0.1, 0.15) is 0 Å². The Morgan fingerprint density at radius 2 is 1.71 bits per heavy atom. The fraction of sp³-hybridized carbons (Fsp3) is 0.412. The number of amides is 1. The molecule has 12 nitrogen and oxygen atoms in total. The molecule has 1 atom stereocenters. The fourth-order valence-electron chi connectivity index (χ4n) is 5.47. The fourth-order valence-corrected chi connectivity index (χ4v) is 7.06. The third-order valence-corrected chi connectivity index (χ3v) is 9.34. The lowest BCUT2D eigenvalue weighted by molar-refractivity contribution is -0.139. The SMILES string of the molecule is CCOC(=O)C1=C(C)N=c2s/c(=C/c3ccc(OCC(=O)N4CCOCC4)c(OCC)c3)c(=O)n2[C@H]1c1cc(OCC)c(OC)cc1Br. The number of fused-ring (bicyclic) bond motifs is 1. The van der Waals surface area contributed by atoms with Gasteiger partial charge in [-0.3, -0.25) is 14.2 Å². The van der Waals surface area contributed by atoms with E-state index in [1.165, 1.54) is 15.9 Å². The van der Waals surface area contributed by atoms with Crippen LogP contribution < -0.4 is 33.8 Å². The molecule has 1 aromatic heterocycles. The van der Waals surface area contributed by atoms with Crippen LogP contribution in [0.4, 0.5) is 0 Å². The molecule has 14 heteroatoms. The average Bonchev–Trinajstić information content (AvgIpc) is 3.38. The third-order valence-electron chi connectivity index (χ3n) is 7.67. The quantitative estimate of drug-likeness (QED) is 0.256. The Morgan fingerprint density at radius 1 is 1.00 bits per heavy atom. The number of carbonyl (C=O) groups is 2. The van der Waals surface area contributed by atoms with E-state index in [-0.39, 0.29) is 30.3 Å². The number of esters is 1. The van der Waals surface area contributed by atoms with Crippen molar-refractivity contribution in [2.75, 3.05) is 59.8 Å². The van der Waals surface area contributed by atoms with Crippen molar-refractivity contribution in [3.05, 3.63) is 76.9 Å². The highest BCUT2D eigenvalue weighted by Crippen LogP contribution is 2.41. The number of methoxy groups -OCH3 is 1. The molecular weight excluding hydrogens is 706 g/mol. The summed E-state index contributed by atoms with van der Waals surface area (Å²) < 4.78 is 36.4.